The van der Waals surface area contributed by atoms with E-state index in [-0.39, 0.29) is 42.4 Å². The van der Waals surface area contributed by atoms with Gasteiger partial charge in [-0.1, -0.05) is 12.1 Å². The Morgan fingerprint density at radius 1 is 1.28 bits per heavy atom. The van der Waals surface area contributed by atoms with E-state index in [9.17, 15) is 26.7 Å². The SMILES string of the molecule is Cc1nc(N[C@H](C)c2cccc(C(F)(F)F)c2F)c(CC2OCCO2)c(C(F)C(=O)O)n1. The van der Waals surface area contributed by atoms with Crippen molar-refractivity contribution in [3.63, 3.8) is 0 Å². The Labute approximate surface area is 179 Å². The highest BCUT2D eigenvalue weighted by molar-refractivity contribution is 5.75. The van der Waals surface area contributed by atoms with Gasteiger partial charge < -0.3 is 19.9 Å². The van der Waals surface area contributed by atoms with Gasteiger partial charge >= 0.3 is 12.1 Å². The summed E-state index contributed by atoms with van der Waals surface area (Å²) >= 11 is 0. The molecule has 0 aliphatic carbocycles. The molecule has 0 radical (unpaired) electrons. The molecule has 2 aromatic rings. The van der Waals surface area contributed by atoms with Gasteiger partial charge in [-0.05, 0) is 19.9 Å². The number of ether oxygens (including phenoxy) is 2. The Morgan fingerprint density at radius 2 is 1.94 bits per heavy atom. The molecule has 0 saturated carbocycles. The Bertz CT molecular complexity index is 996. The number of aliphatic carboxylic acids is 1. The second-order valence-corrected chi connectivity index (χ2v) is 7.13. The van der Waals surface area contributed by atoms with E-state index in [4.69, 9.17) is 14.6 Å². The quantitative estimate of drug-likeness (QED) is 0.599. The van der Waals surface area contributed by atoms with Crippen LogP contribution in [0.15, 0.2) is 18.2 Å². The summed E-state index contributed by atoms with van der Waals surface area (Å²) in [5.41, 5.74) is -2.15. The van der Waals surface area contributed by atoms with Crippen molar-refractivity contribution in [1.29, 1.82) is 0 Å². The van der Waals surface area contributed by atoms with E-state index in [0.717, 1.165) is 6.07 Å². The number of carbonyl (C=O) groups is 1. The molecule has 174 valence electrons. The van der Waals surface area contributed by atoms with E-state index < -0.39 is 47.7 Å². The van der Waals surface area contributed by atoms with Crippen molar-refractivity contribution >= 4 is 11.8 Å². The van der Waals surface area contributed by atoms with Gasteiger partial charge in [-0.25, -0.2) is 23.5 Å². The minimum atomic E-state index is -4.89. The minimum Gasteiger partial charge on any atom is -0.479 e. The van der Waals surface area contributed by atoms with E-state index in [1.54, 1.807) is 0 Å². The summed E-state index contributed by atoms with van der Waals surface area (Å²) in [6, 6.07) is 1.83. The normalized spacial score (nSPS) is 16.7. The average Bonchev–Trinajstić information content (AvgIpc) is 3.21. The number of aromatic nitrogens is 2. The molecule has 1 fully saturated rings. The van der Waals surface area contributed by atoms with Crippen LogP contribution >= 0.6 is 0 Å². The molecule has 0 bridgehead atoms. The minimum absolute atomic E-state index is 0.0108. The number of carboxylic acids is 1. The van der Waals surface area contributed by atoms with Crippen LogP contribution in [0.5, 0.6) is 0 Å². The van der Waals surface area contributed by atoms with Crippen molar-refractivity contribution in [3.8, 4) is 0 Å². The fourth-order valence-electron chi connectivity index (χ4n) is 3.34. The van der Waals surface area contributed by atoms with Gasteiger partial charge in [0.05, 0.1) is 30.5 Å². The zero-order chi connectivity index (χ0) is 23.6. The first-order chi connectivity index (χ1) is 15.0. The average molecular weight is 461 g/mol. The van der Waals surface area contributed by atoms with Crippen LogP contribution in [0.3, 0.4) is 0 Å². The summed E-state index contributed by atoms with van der Waals surface area (Å²) in [6.45, 7) is 3.34. The molecule has 1 aliphatic rings. The molecule has 7 nitrogen and oxygen atoms in total. The lowest BCUT2D eigenvalue weighted by Gasteiger charge is -2.22. The third kappa shape index (κ3) is 5.13. The Balaban J connectivity index is 2.02. The van der Waals surface area contributed by atoms with Gasteiger partial charge in [-0.15, -0.1) is 0 Å². The second-order valence-electron chi connectivity index (χ2n) is 7.13. The van der Waals surface area contributed by atoms with Crippen LogP contribution in [0.1, 0.15) is 47.3 Å². The van der Waals surface area contributed by atoms with Crippen molar-refractivity contribution in [2.75, 3.05) is 18.5 Å². The van der Waals surface area contributed by atoms with Crippen LogP contribution in [0.25, 0.3) is 0 Å². The van der Waals surface area contributed by atoms with E-state index in [2.05, 4.69) is 15.3 Å². The van der Waals surface area contributed by atoms with E-state index in [1.807, 2.05) is 0 Å². The number of anilines is 1. The van der Waals surface area contributed by atoms with E-state index in [1.165, 1.54) is 19.9 Å². The Morgan fingerprint density at radius 3 is 2.53 bits per heavy atom. The maximum absolute atomic E-state index is 14.6. The number of aryl methyl sites for hydroxylation is 1. The zero-order valence-electron chi connectivity index (χ0n) is 17.0. The van der Waals surface area contributed by atoms with Gasteiger partial charge in [0.25, 0.3) is 0 Å². The molecule has 2 N–H and O–H groups in total. The van der Waals surface area contributed by atoms with Crippen molar-refractivity contribution in [3.05, 3.63) is 52.2 Å². The number of rotatable bonds is 7. The monoisotopic (exact) mass is 461 g/mol. The van der Waals surface area contributed by atoms with Crippen LogP contribution < -0.4 is 5.32 Å². The summed E-state index contributed by atoms with van der Waals surface area (Å²) in [6.07, 6.45) is -8.32. The smallest absolute Gasteiger partial charge is 0.419 e. The predicted octanol–water partition coefficient (Wildman–Crippen LogP) is 4.13. The number of benzene rings is 1. The molecule has 1 aromatic carbocycles. The summed E-state index contributed by atoms with van der Waals surface area (Å²) in [7, 11) is 0. The molecule has 1 saturated heterocycles. The molecule has 12 heteroatoms. The van der Waals surface area contributed by atoms with Crippen LogP contribution in [0.2, 0.25) is 0 Å². The number of alkyl halides is 4. The highest BCUT2D eigenvalue weighted by atomic mass is 19.4. The van der Waals surface area contributed by atoms with E-state index in [0.29, 0.717) is 6.07 Å². The van der Waals surface area contributed by atoms with Gasteiger partial charge in [-0.3, -0.25) is 0 Å². The van der Waals surface area contributed by atoms with Gasteiger partial charge in [0.1, 0.15) is 17.5 Å². The fourth-order valence-corrected chi connectivity index (χ4v) is 3.34. The predicted molar refractivity (Wildman–Crippen MR) is 101 cm³/mol. The molecule has 1 unspecified atom stereocenters. The molecule has 2 atom stereocenters. The molecule has 1 aliphatic heterocycles. The van der Waals surface area contributed by atoms with Crippen molar-refractivity contribution in [2.45, 2.75) is 44.9 Å². The number of halogens is 5. The first-order valence-electron chi connectivity index (χ1n) is 9.58. The molecular formula is C20H20F5N3O4. The Hall–Kier alpha value is -2.86. The van der Waals surface area contributed by atoms with Crippen LogP contribution in [-0.2, 0) is 26.9 Å². The highest BCUT2D eigenvalue weighted by Crippen LogP contribution is 2.35. The fraction of sp³-hybridized carbons (Fsp3) is 0.450. The van der Waals surface area contributed by atoms with Gasteiger partial charge in [0.2, 0.25) is 6.17 Å². The van der Waals surface area contributed by atoms with Gasteiger partial charge in [0.15, 0.2) is 6.29 Å². The summed E-state index contributed by atoms with van der Waals surface area (Å²) < 4.78 is 79.0. The van der Waals surface area contributed by atoms with Gasteiger partial charge in [-0.2, -0.15) is 13.2 Å². The summed E-state index contributed by atoms with van der Waals surface area (Å²) in [4.78, 5) is 19.3. The first-order valence-corrected chi connectivity index (χ1v) is 9.58. The number of nitrogens with one attached hydrogen (secondary N) is 1. The lowest BCUT2D eigenvalue weighted by molar-refractivity contribution is -0.143. The van der Waals surface area contributed by atoms with Crippen molar-refractivity contribution in [1.82, 2.24) is 9.97 Å². The first kappa shape index (κ1) is 23.8. The molecule has 1 aromatic heterocycles. The Kier molecular flexibility index (Phi) is 6.94. The van der Waals surface area contributed by atoms with E-state index >= 15 is 0 Å². The number of nitrogens with zero attached hydrogens (tertiary/aromatic N) is 2. The highest BCUT2D eigenvalue weighted by Gasteiger charge is 2.36. The third-order valence-corrected chi connectivity index (χ3v) is 4.82. The molecule has 0 spiro atoms. The second kappa shape index (κ2) is 9.33. The molecule has 3 rings (SSSR count). The number of carboxylic acid groups (broad SMARTS) is 1. The summed E-state index contributed by atoms with van der Waals surface area (Å²) in [5.74, 6) is -3.27. The topological polar surface area (TPSA) is 93.6 Å². The maximum Gasteiger partial charge on any atom is 0.419 e. The number of hydrogen-bond donors (Lipinski definition) is 2. The summed E-state index contributed by atoms with van der Waals surface area (Å²) in [5, 5.41) is 11.9. The molecule has 32 heavy (non-hydrogen) atoms. The number of hydrogen-bond acceptors (Lipinski definition) is 6. The third-order valence-electron chi connectivity index (χ3n) is 4.82. The molecule has 2 heterocycles. The molecular weight excluding hydrogens is 441 g/mol. The van der Waals surface area contributed by atoms with Gasteiger partial charge in [0, 0.05) is 17.5 Å². The van der Waals surface area contributed by atoms with Crippen molar-refractivity contribution in [2.24, 2.45) is 0 Å². The largest absolute Gasteiger partial charge is 0.479 e. The maximum atomic E-state index is 14.6. The lowest BCUT2D eigenvalue weighted by Crippen LogP contribution is -2.22. The van der Waals surface area contributed by atoms with Crippen LogP contribution in [0, 0.1) is 12.7 Å². The van der Waals surface area contributed by atoms with Crippen LogP contribution in [-0.4, -0.2) is 40.5 Å². The van der Waals surface area contributed by atoms with Crippen molar-refractivity contribution < 1.29 is 41.3 Å². The zero-order valence-corrected chi connectivity index (χ0v) is 17.0. The lowest BCUT2D eigenvalue weighted by atomic mass is 10.0. The standard InChI is InChI=1S/C20H20F5N3O4/c1-9(11-4-3-5-13(15(11)21)20(23,24)25)26-18-12(8-14-31-6-7-32-14)17(16(22)19(29)30)27-10(2)28-18/h3-5,9,14,16H,6-8H2,1-2H3,(H,29,30)(H,26,27,28)/t9-,16?/m1/s1. The molecule has 0 amide bonds. The van der Waals surface area contributed by atoms with Crippen LogP contribution in [0.4, 0.5) is 27.8 Å².